The summed E-state index contributed by atoms with van der Waals surface area (Å²) in [5.74, 6) is 0.199. The lowest BCUT2D eigenvalue weighted by atomic mass is 9.99. The SMILES string of the molecule is O=C(CCCCN1CC=C(c2ccc(Cl)cc2)CC1)c1ccc(Cl)cc1. The second-order valence-electron chi connectivity index (χ2n) is 6.67. The van der Waals surface area contributed by atoms with Gasteiger partial charge in [-0.1, -0.05) is 41.4 Å². The molecule has 0 spiro atoms. The average molecular weight is 388 g/mol. The van der Waals surface area contributed by atoms with E-state index in [4.69, 9.17) is 23.2 Å². The molecule has 1 heterocycles. The molecule has 2 nitrogen and oxygen atoms in total. The molecule has 0 saturated carbocycles. The number of hydrogen-bond acceptors (Lipinski definition) is 2. The van der Waals surface area contributed by atoms with Crippen molar-refractivity contribution >= 4 is 34.6 Å². The number of benzene rings is 2. The van der Waals surface area contributed by atoms with E-state index in [2.05, 4.69) is 23.1 Å². The first-order valence-electron chi connectivity index (χ1n) is 9.08. The molecule has 0 radical (unpaired) electrons. The molecule has 26 heavy (non-hydrogen) atoms. The summed E-state index contributed by atoms with van der Waals surface area (Å²) < 4.78 is 0. The highest BCUT2D eigenvalue weighted by molar-refractivity contribution is 6.30. The van der Waals surface area contributed by atoms with Gasteiger partial charge in [0, 0.05) is 35.1 Å². The van der Waals surface area contributed by atoms with Gasteiger partial charge in [0.15, 0.2) is 5.78 Å². The van der Waals surface area contributed by atoms with Crippen molar-refractivity contribution in [2.45, 2.75) is 25.7 Å². The fraction of sp³-hybridized carbons (Fsp3) is 0.318. The Bertz CT molecular complexity index is 766. The van der Waals surface area contributed by atoms with Crippen LogP contribution in [0.15, 0.2) is 54.6 Å². The molecular weight excluding hydrogens is 365 g/mol. The van der Waals surface area contributed by atoms with E-state index < -0.39 is 0 Å². The Balaban J connectivity index is 1.39. The number of carbonyl (C=O) groups is 1. The van der Waals surface area contributed by atoms with Crippen LogP contribution in [0, 0.1) is 0 Å². The number of Topliss-reactive ketones (excluding diaryl/α,β-unsaturated/α-hetero) is 1. The minimum absolute atomic E-state index is 0.199. The second kappa shape index (κ2) is 9.36. The van der Waals surface area contributed by atoms with E-state index in [1.165, 1.54) is 11.1 Å². The Morgan fingerprint density at radius 2 is 1.58 bits per heavy atom. The zero-order chi connectivity index (χ0) is 18.4. The summed E-state index contributed by atoms with van der Waals surface area (Å²) in [6.07, 6.45) is 5.94. The summed E-state index contributed by atoms with van der Waals surface area (Å²) in [5, 5.41) is 1.44. The van der Waals surface area contributed by atoms with E-state index in [-0.39, 0.29) is 5.78 Å². The Morgan fingerprint density at radius 3 is 2.19 bits per heavy atom. The summed E-state index contributed by atoms with van der Waals surface area (Å²) in [5.41, 5.74) is 3.42. The molecule has 0 fully saturated rings. The molecule has 0 unspecified atom stereocenters. The van der Waals surface area contributed by atoms with Crippen LogP contribution < -0.4 is 0 Å². The molecule has 0 aromatic heterocycles. The third kappa shape index (κ3) is 5.44. The first-order chi connectivity index (χ1) is 12.6. The fourth-order valence-electron chi connectivity index (χ4n) is 3.24. The van der Waals surface area contributed by atoms with E-state index in [0.29, 0.717) is 11.4 Å². The van der Waals surface area contributed by atoms with Crippen LogP contribution in [0.4, 0.5) is 0 Å². The van der Waals surface area contributed by atoms with Crippen molar-refractivity contribution in [2.75, 3.05) is 19.6 Å². The quantitative estimate of drug-likeness (QED) is 0.420. The topological polar surface area (TPSA) is 20.3 Å². The van der Waals surface area contributed by atoms with E-state index >= 15 is 0 Å². The lowest BCUT2D eigenvalue weighted by Crippen LogP contribution is -2.29. The minimum Gasteiger partial charge on any atom is -0.299 e. The standard InChI is InChI=1S/C22H23Cl2NO/c23-20-8-4-17(5-9-20)18-12-15-25(16-13-18)14-2-1-3-22(26)19-6-10-21(24)11-7-19/h4-12H,1-3,13-16H2. The molecule has 0 amide bonds. The Morgan fingerprint density at radius 1 is 0.923 bits per heavy atom. The molecule has 0 saturated heterocycles. The summed E-state index contributed by atoms with van der Waals surface area (Å²) in [4.78, 5) is 14.6. The number of hydrogen-bond donors (Lipinski definition) is 0. The molecule has 3 rings (SSSR count). The van der Waals surface area contributed by atoms with E-state index in [9.17, 15) is 4.79 Å². The monoisotopic (exact) mass is 387 g/mol. The van der Waals surface area contributed by atoms with Crippen molar-refractivity contribution in [3.8, 4) is 0 Å². The van der Waals surface area contributed by atoms with Gasteiger partial charge in [0.05, 0.1) is 0 Å². The van der Waals surface area contributed by atoms with Crippen molar-refractivity contribution in [2.24, 2.45) is 0 Å². The number of nitrogens with zero attached hydrogens (tertiary/aromatic N) is 1. The van der Waals surface area contributed by atoms with Crippen LogP contribution in [0.2, 0.25) is 10.0 Å². The van der Waals surface area contributed by atoms with Crippen LogP contribution in [0.3, 0.4) is 0 Å². The molecule has 1 aliphatic rings. The second-order valence-corrected chi connectivity index (χ2v) is 7.55. The van der Waals surface area contributed by atoms with Crippen molar-refractivity contribution in [3.63, 3.8) is 0 Å². The lowest BCUT2D eigenvalue weighted by Gasteiger charge is -2.26. The highest BCUT2D eigenvalue weighted by Gasteiger charge is 2.13. The Labute approximate surface area is 165 Å². The molecule has 0 atom stereocenters. The molecule has 0 bridgehead atoms. The zero-order valence-corrected chi connectivity index (χ0v) is 16.3. The fourth-order valence-corrected chi connectivity index (χ4v) is 3.49. The Kier molecular flexibility index (Phi) is 6.90. The molecule has 1 aliphatic heterocycles. The third-order valence-corrected chi connectivity index (χ3v) is 5.31. The van der Waals surface area contributed by atoms with E-state index in [1.54, 1.807) is 24.3 Å². The summed E-state index contributed by atoms with van der Waals surface area (Å²) in [6.45, 7) is 3.08. The molecule has 0 N–H and O–H groups in total. The highest BCUT2D eigenvalue weighted by Crippen LogP contribution is 2.24. The van der Waals surface area contributed by atoms with Crippen LogP contribution in [0.25, 0.3) is 5.57 Å². The van der Waals surface area contributed by atoms with Gasteiger partial charge >= 0.3 is 0 Å². The normalized spacial score (nSPS) is 14.9. The first kappa shape index (κ1) is 19.2. The lowest BCUT2D eigenvalue weighted by molar-refractivity contribution is 0.0978. The van der Waals surface area contributed by atoms with Gasteiger partial charge in [-0.05, 0) is 73.3 Å². The van der Waals surface area contributed by atoms with Crippen LogP contribution in [-0.2, 0) is 0 Å². The van der Waals surface area contributed by atoms with E-state index in [1.807, 2.05) is 12.1 Å². The predicted molar refractivity (Wildman–Crippen MR) is 110 cm³/mol. The number of unbranched alkanes of at least 4 members (excludes halogenated alkanes) is 1. The first-order valence-corrected chi connectivity index (χ1v) is 9.83. The molecule has 2 aromatic rings. The molecule has 0 aliphatic carbocycles. The van der Waals surface area contributed by atoms with Gasteiger partial charge in [0.1, 0.15) is 0 Å². The maximum atomic E-state index is 12.2. The van der Waals surface area contributed by atoms with Gasteiger partial charge in [-0.25, -0.2) is 0 Å². The number of halogens is 2. The number of rotatable bonds is 7. The van der Waals surface area contributed by atoms with Crippen molar-refractivity contribution < 1.29 is 4.79 Å². The van der Waals surface area contributed by atoms with Gasteiger partial charge < -0.3 is 0 Å². The van der Waals surface area contributed by atoms with Crippen molar-refractivity contribution in [1.29, 1.82) is 0 Å². The van der Waals surface area contributed by atoms with Crippen LogP contribution in [-0.4, -0.2) is 30.3 Å². The number of ketones is 1. The van der Waals surface area contributed by atoms with Crippen LogP contribution >= 0.6 is 23.2 Å². The summed E-state index contributed by atoms with van der Waals surface area (Å²) in [7, 11) is 0. The maximum absolute atomic E-state index is 12.2. The summed E-state index contributed by atoms with van der Waals surface area (Å²) in [6, 6.07) is 15.2. The van der Waals surface area contributed by atoms with E-state index in [0.717, 1.165) is 49.5 Å². The minimum atomic E-state index is 0.199. The average Bonchev–Trinajstić information content (AvgIpc) is 2.67. The predicted octanol–water partition coefficient (Wildman–Crippen LogP) is 6.14. The van der Waals surface area contributed by atoms with Gasteiger partial charge in [-0.2, -0.15) is 0 Å². The third-order valence-electron chi connectivity index (χ3n) is 4.80. The van der Waals surface area contributed by atoms with Crippen molar-refractivity contribution in [1.82, 2.24) is 4.90 Å². The van der Waals surface area contributed by atoms with Crippen molar-refractivity contribution in [3.05, 3.63) is 75.8 Å². The van der Waals surface area contributed by atoms with Gasteiger partial charge in [-0.15, -0.1) is 0 Å². The molecule has 2 aromatic carbocycles. The smallest absolute Gasteiger partial charge is 0.162 e. The summed E-state index contributed by atoms with van der Waals surface area (Å²) >= 11 is 11.8. The Hall–Kier alpha value is -1.61. The van der Waals surface area contributed by atoms with Crippen LogP contribution in [0.5, 0.6) is 0 Å². The molecular formula is C22H23Cl2NO. The van der Waals surface area contributed by atoms with Gasteiger partial charge in [0.2, 0.25) is 0 Å². The van der Waals surface area contributed by atoms with Gasteiger partial charge in [0.25, 0.3) is 0 Å². The largest absolute Gasteiger partial charge is 0.299 e. The van der Waals surface area contributed by atoms with Gasteiger partial charge in [-0.3, -0.25) is 9.69 Å². The number of carbonyl (C=O) groups excluding carboxylic acids is 1. The molecule has 136 valence electrons. The maximum Gasteiger partial charge on any atom is 0.162 e. The molecule has 4 heteroatoms. The highest BCUT2D eigenvalue weighted by atomic mass is 35.5. The van der Waals surface area contributed by atoms with Crippen LogP contribution in [0.1, 0.15) is 41.6 Å². The zero-order valence-electron chi connectivity index (χ0n) is 14.8.